The van der Waals surface area contributed by atoms with Crippen molar-refractivity contribution in [3.63, 3.8) is 0 Å². The lowest BCUT2D eigenvalue weighted by Crippen LogP contribution is -2.40. The van der Waals surface area contributed by atoms with Gasteiger partial charge in [0.15, 0.2) is 11.5 Å². The van der Waals surface area contributed by atoms with Crippen molar-refractivity contribution in [1.29, 1.82) is 0 Å². The molecule has 210 valence electrons. The predicted octanol–water partition coefficient (Wildman–Crippen LogP) is 6.99. The SMILES string of the molecule is COc1cc2c(cc1OCc1ccc(F)cc1)CCN(CC1CCOCC1)C2CCc1c[nH]c2ccc(F)cc12. The fourth-order valence-corrected chi connectivity index (χ4v) is 6.24. The second kappa shape index (κ2) is 12.0. The van der Waals surface area contributed by atoms with Gasteiger partial charge >= 0.3 is 0 Å². The van der Waals surface area contributed by atoms with E-state index in [2.05, 4.69) is 22.0 Å². The fourth-order valence-electron chi connectivity index (χ4n) is 6.24. The Balaban J connectivity index is 1.27. The van der Waals surface area contributed by atoms with Crippen LogP contribution in [-0.2, 0) is 24.2 Å². The average molecular weight is 547 g/mol. The number of aryl methyl sites for hydroxylation is 1. The van der Waals surface area contributed by atoms with Crippen molar-refractivity contribution in [2.75, 3.05) is 33.4 Å². The minimum Gasteiger partial charge on any atom is -0.493 e. The summed E-state index contributed by atoms with van der Waals surface area (Å²) in [7, 11) is 1.67. The smallest absolute Gasteiger partial charge is 0.161 e. The molecule has 1 unspecified atom stereocenters. The largest absolute Gasteiger partial charge is 0.493 e. The quantitative estimate of drug-likeness (QED) is 0.246. The van der Waals surface area contributed by atoms with Crippen LogP contribution in [0.1, 0.15) is 47.6 Å². The molecule has 1 fully saturated rings. The van der Waals surface area contributed by atoms with Crippen LogP contribution < -0.4 is 9.47 Å². The van der Waals surface area contributed by atoms with E-state index in [4.69, 9.17) is 14.2 Å². The highest BCUT2D eigenvalue weighted by Crippen LogP contribution is 2.41. The number of hydrogen-bond donors (Lipinski definition) is 1. The summed E-state index contributed by atoms with van der Waals surface area (Å²) in [5.41, 5.74) is 5.54. The Labute approximate surface area is 234 Å². The van der Waals surface area contributed by atoms with Crippen LogP contribution in [-0.4, -0.2) is 43.3 Å². The lowest BCUT2D eigenvalue weighted by atomic mass is 9.87. The average Bonchev–Trinajstić information content (AvgIpc) is 3.38. The number of methoxy groups -OCH3 is 1. The minimum absolute atomic E-state index is 0.213. The zero-order chi connectivity index (χ0) is 27.5. The van der Waals surface area contributed by atoms with Crippen LogP contribution in [0.25, 0.3) is 10.9 Å². The van der Waals surface area contributed by atoms with Crippen LogP contribution in [0, 0.1) is 17.6 Å². The number of rotatable bonds is 9. The zero-order valence-electron chi connectivity index (χ0n) is 22.9. The number of H-pyrrole nitrogens is 1. The van der Waals surface area contributed by atoms with Gasteiger partial charge in [-0.25, -0.2) is 8.78 Å². The molecule has 0 aliphatic carbocycles. The number of fused-ring (bicyclic) bond motifs is 2. The van der Waals surface area contributed by atoms with Crippen LogP contribution in [0.4, 0.5) is 8.78 Å². The number of hydrogen-bond acceptors (Lipinski definition) is 4. The molecule has 40 heavy (non-hydrogen) atoms. The molecule has 1 atom stereocenters. The molecule has 0 bridgehead atoms. The summed E-state index contributed by atoms with van der Waals surface area (Å²) in [4.78, 5) is 5.94. The van der Waals surface area contributed by atoms with Gasteiger partial charge in [-0.2, -0.15) is 0 Å². The van der Waals surface area contributed by atoms with Crippen LogP contribution in [0.15, 0.2) is 60.8 Å². The Bertz CT molecular complexity index is 1450. The van der Waals surface area contributed by atoms with E-state index in [1.165, 1.54) is 29.3 Å². The van der Waals surface area contributed by atoms with Crippen molar-refractivity contribution >= 4 is 10.9 Å². The van der Waals surface area contributed by atoms with E-state index in [1.807, 2.05) is 6.20 Å². The van der Waals surface area contributed by atoms with Gasteiger partial charge in [0.2, 0.25) is 0 Å². The highest BCUT2D eigenvalue weighted by molar-refractivity contribution is 5.83. The van der Waals surface area contributed by atoms with E-state index in [1.54, 1.807) is 31.4 Å². The van der Waals surface area contributed by atoms with Gasteiger partial charge in [-0.15, -0.1) is 0 Å². The molecule has 5 nitrogen and oxygen atoms in total. The maximum atomic E-state index is 14.0. The molecule has 1 N–H and O–H groups in total. The van der Waals surface area contributed by atoms with Gasteiger partial charge in [0.1, 0.15) is 18.2 Å². The third-order valence-corrected chi connectivity index (χ3v) is 8.45. The summed E-state index contributed by atoms with van der Waals surface area (Å²) in [6, 6.07) is 15.8. The molecule has 0 amide bonds. The van der Waals surface area contributed by atoms with E-state index in [0.29, 0.717) is 24.0 Å². The van der Waals surface area contributed by atoms with Crippen molar-refractivity contribution in [2.24, 2.45) is 5.92 Å². The van der Waals surface area contributed by atoms with Gasteiger partial charge in [-0.3, -0.25) is 4.90 Å². The van der Waals surface area contributed by atoms with Gasteiger partial charge in [0.05, 0.1) is 7.11 Å². The number of nitrogens with zero attached hydrogens (tertiary/aromatic N) is 1. The molecule has 1 saturated heterocycles. The molecular weight excluding hydrogens is 510 g/mol. The molecule has 3 aromatic carbocycles. The Morgan fingerprint density at radius 2 is 1.77 bits per heavy atom. The minimum atomic E-state index is -0.260. The molecule has 6 rings (SSSR count). The number of halogens is 2. The molecule has 0 radical (unpaired) electrons. The zero-order valence-corrected chi connectivity index (χ0v) is 22.9. The highest BCUT2D eigenvalue weighted by atomic mass is 19.1. The first-order valence-electron chi connectivity index (χ1n) is 14.2. The molecular formula is C33H36F2N2O3. The Morgan fingerprint density at radius 3 is 2.58 bits per heavy atom. The normalized spacial score (nSPS) is 18.1. The molecule has 3 heterocycles. The molecule has 0 saturated carbocycles. The first kappa shape index (κ1) is 26.8. The van der Waals surface area contributed by atoms with Crippen molar-refractivity contribution in [3.8, 4) is 11.5 Å². The molecule has 0 spiro atoms. The van der Waals surface area contributed by atoms with E-state index in [-0.39, 0.29) is 17.7 Å². The third-order valence-electron chi connectivity index (χ3n) is 8.45. The van der Waals surface area contributed by atoms with E-state index >= 15 is 0 Å². The summed E-state index contributed by atoms with van der Waals surface area (Å²) >= 11 is 0. The number of nitrogens with one attached hydrogen (secondary N) is 1. The number of aromatic amines is 1. The van der Waals surface area contributed by atoms with Crippen LogP contribution in [0.2, 0.25) is 0 Å². The molecule has 2 aliphatic rings. The summed E-state index contributed by atoms with van der Waals surface area (Å²) in [6.45, 7) is 4.03. The van der Waals surface area contributed by atoms with Gasteiger partial charge in [0, 0.05) is 49.4 Å². The van der Waals surface area contributed by atoms with Crippen molar-refractivity contribution in [1.82, 2.24) is 9.88 Å². The van der Waals surface area contributed by atoms with Crippen molar-refractivity contribution in [3.05, 3.63) is 94.7 Å². The molecule has 2 aliphatic heterocycles. The van der Waals surface area contributed by atoms with Crippen LogP contribution in [0.5, 0.6) is 11.5 Å². The van der Waals surface area contributed by atoms with Gasteiger partial charge < -0.3 is 19.2 Å². The molecule has 7 heteroatoms. The fraction of sp³-hybridized carbons (Fsp3) is 0.394. The summed E-state index contributed by atoms with van der Waals surface area (Å²) in [6.07, 6.45) is 6.89. The van der Waals surface area contributed by atoms with E-state index in [0.717, 1.165) is 80.4 Å². The number of ether oxygens (including phenoxy) is 3. The standard InChI is InChI=1S/C33H36F2N2O3/c1-38-32-18-29-24(16-33(32)40-21-23-2-5-26(34)6-3-23)10-13-37(20-22-11-14-39-15-12-22)31(29)9-4-25-19-36-30-8-7-27(35)17-28(25)30/h2-3,5-8,16-19,22,31,36H,4,9-15,20-21H2,1H3. The van der Waals surface area contributed by atoms with E-state index in [9.17, 15) is 8.78 Å². The molecule has 1 aromatic heterocycles. The van der Waals surface area contributed by atoms with Crippen LogP contribution in [0.3, 0.4) is 0 Å². The summed E-state index contributed by atoms with van der Waals surface area (Å²) < 4.78 is 45.0. The first-order chi connectivity index (χ1) is 19.6. The van der Waals surface area contributed by atoms with Gasteiger partial charge in [-0.05, 0) is 103 Å². The number of benzene rings is 3. The van der Waals surface area contributed by atoms with Crippen molar-refractivity contribution < 1.29 is 23.0 Å². The monoisotopic (exact) mass is 546 g/mol. The number of aromatic nitrogens is 1. The van der Waals surface area contributed by atoms with Gasteiger partial charge in [0.25, 0.3) is 0 Å². The van der Waals surface area contributed by atoms with Crippen molar-refractivity contribution in [2.45, 2.75) is 44.8 Å². The van der Waals surface area contributed by atoms with E-state index < -0.39 is 0 Å². The third kappa shape index (κ3) is 5.86. The van der Waals surface area contributed by atoms with Gasteiger partial charge in [-0.1, -0.05) is 12.1 Å². The first-order valence-corrected chi connectivity index (χ1v) is 14.2. The topological polar surface area (TPSA) is 46.7 Å². The maximum absolute atomic E-state index is 14.0. The highest BCUT2D eigenvalue weighted by Gasteiger charge is 2.31. The lowest BCUT2D eigenvalue weighted by molar-refractivity contribution is 0.0423. The second-order valence-corrected chi connectivity index (χ2v) is 11.0. The lowest BCUT2D eigenvalue weighted by Gasteiger charge is -2.40. The Kier molecular flexibility index (Phi) is 8.03. The Hall–Kier alpha value is -3.42. The predicted molar refractivity (Wildman–Crippen MR) is 152 cm³/mol. The maximum Gasteiger partial charge on any atom is 0.161 e. The molecule has 4 aromatic rings. The Morgan fingerprint density at radius 1 is 0.975 bits per heavy atom. The summed E-state index contributed by atoms with van der Waals surface area (Å²) in [5.74, 6) is 1.56. The summed E-state index contributed by atoms with van der Waals surface area (Å²) in [5, 5.41) is 0.953. The van der Waals surface area contributed by atoms with Crippen LogP contribution >= 0.6 is 0 Å². The second-order valence-electron chi connectivity index (χ2n) is 11.0.